The van der Waals surface area contributed by atoms with Gasteiger partial charge in [-0.05, 0) is 36.5 Å². The van der Waals surface area contributed by atoms with Crippen molar-refractivity contribution >= 4 is 5.91 Å². The number of rotatable bonds is 6. The first kappa shape index (κ1) is 15.3. The predicted molar refractivity (Wildman–Crippen MR) is 85.8 cm³/mol. The van der Waals surface area contributed by atoms with Gasteiger partial charge in [0.2, 0.25) is 5.91 Å². The van der Waals surface area contributed by atoms with E-state index in [2.05, 4.69) is 17.4 Å². The highest BCUT2D eigenvalue weighted by atomic mass is 16.2. The lowest BCUT2D eigenvalue weighted by molar-refractivity contribution is -0.122. The molecule has 0 radical (unpaired) electrons. The molecule has 0 aliphatic rings. The van der Waals surface area contributed by atoms with Crippen LogP contribution in [0.4, 0.5) is 0 Å². The van der Waals surface area contributed by atoms with Gasteiger partial charge in [0.1, 0.15) is 0 Å². The maximum atomic E-state index is 12.0. The Morgan fingerprint density at radius 1 is 1.10 bits per heavy atom. The fraction of sp³-hybridized carbons (Fsp3) is 0.278. The van der Waals surface area contributed by atoms with E-state index in [0.29, 0.717) is 13.0 Å². The van der Waals surface area contributed by atoms with Crippen molar-refractivity contribution in [3.8, 4) is 0 Å². The van der Waals surface area contributed by atoms with Gasteiger partial charge in [-0.1, -0.05) is 54.6 Å². The third-order valence-corrected chi connectivity index (χ3v) is 3.64. The van der Waals surface area contributed by atoms with Gasteiger partial charge in [-0.2, -0.15) is 0 Å². The van der Waals surface area contributed by atoms with E-state index in [0.717, 1.165) is 12.0 Å². The molecule has 0 fully saturated rings. The Morgan fingerprint density at radius 3 is 2.48 bits per heavy atom. The summed E-state index contributed by atoms with van der Waals surface area (Å²) >= 11 is 0. The molecule has 0 saturated heterocycles. The van der Waals surface area contributed by atoms with E-state index >= 15 is 0 Å². The fourth-order valence-electron chi connectivity index (χ4n) is 2.22. The average Bonchev–Trinajstić information content (AvgIpc) is 2.52. The molecule has 2 aromatic carbocycles. The molecule has 3 heteroatoms. The Balaban J connectivity index is 1.79. The Morgan fingerprint density at radius 2 is 1.76 bits per heavy atom. The normalized spacial score (nSPS) is 11.9. The van der Waals surface area contributed by atoms with Crippen LogP contribution in [0.2, 0.25) is 0 Å². The summed E-state index contributed by atoms with van der Waals surface area (Å²) in [5, 5.41) is 2.91. The number of hydrogen-bond donors (Lipinski definition) is 2. The standard InChI is InChI=1S/C18H22N2O/c1-14-7-5-6-10-16(14)13-20-18(21)17(19)12-11-15-8-3-2-4-9-15/h2-10,17H,11-13,19H2,1H3,(H,20,21). The number of nitrogens with one attached hydrogen (secondary N) is 1. The van der Waals surface area contributed by atoms with Gasteiger partial charge in [-0.15, -0.1) is 0 Å². The fourth-order valence-corrected chi connectivity index (χ4v) is 2.22. The van der Waals surface area contributed by atoms with E-state index in [1.54, 1.807) is 0 Å². The van der Waals surface area contributed by atoms with Gasteiger partial charge in [0.25, 0.3) is 0 Å². The maximum absolute atomic E-state index is 12.0. The highest BCUT2D eigenvalue weighted by Crippen LogP contribution is 2.07. The molecule has 0 aliphatic heterocycles. The molecule has 0 bridgehead atoms. The maximum Gasteiger partial charge on any atom is 0.237 e. The third-order valence-electron chi connectivity index (χ3n) is 3.64. The lowest BCUT2D eigenvalue weighted by Gasteiger charge is -2.13. The topological polar surface area (TPSA) is 55.1 Å². The van der Waals surface area contributed by atoms with Crippen molar-refractivity contribution in [1.82, 2.24) is 5.32 Å². The lowest BCUT2D eigenvalue weighted by Crippen LogP contribution is -2.40. The Hall–Kier alpha value is -2.13. The summed E-state index contributed by atoms with van der Waals surface area (Å²) in [4.78, 5) is 12.0. The Bertz CT molecular complexity index is 581. The summed E-state index contributed by atoms with van der Waals surface area (Å²) in [5.41, 5.74) is 9.47. The van der Waals surface area contributed by atoms with Gasteiger partial charge < -0.3 is 11.1 Å². The van der Waals surface area contributed by atoms with E-state index in [4.69, 9.17) is 5.73 Å². The van der Waals surface area contributed by atoms with Gasteiger partial charge in [-0.3, -0.25) is 4.79 Å². The molecule has 3 nitrogen and oxygen atoms in total. The van der Waals surface area contributed by atoms with Crippen molar-refractivity contribution in [1.29, 1.82) is 0 Å². The molecule has 110 valence electrons. The van der Waals surface area contributed by atoms with Gasteiger partial charge in [0.05, 0.1) is 6.04 Å². The molecule has 2 aromatic rings. The highest BCUT2D eigenvalue weighted by Gasteiger charge is 2.13. The van der Waals surface area contributed by atoms with Crippen LogP contribution in [0.5, 0.6) is 0 Å². The minimum absolute atomic E-state index is 0.0887. The zero-order valence-corrected chi connectivity index (χ0v) is 12.4. The van der Waals surface area contributed by atoms with E-state index in [1.165, 1.54) is 11.1 Å². The smallest absolute Gasteiger partial charge is 0.237 e. The van der Waals surface area contributed by atoms with E-state index in [1.807, 2.05) is 49.4 Å². The molecular formula is C18H22N2O. The number of hydrogen-bond acceptors (Lipinski definition) is 2. The summed E-state index contributed by atoms with van der Waals surface area (Å²) in [6, 6.07) is 17.7. The summed E-state index contributed by atoms with van der Waals surface area (Å²) in [6.45, 7) is 2.57. The number of carbonyl (C=O) groups is 1. The number of aryl methyl sites for hydroxylation is 2. The van der Waals surface area contributed by atoms with Crippen LogP contribution in [0.15, 0.2) is 54.6 Å². The van der Waals surface area contributed by atoms with Crippen molar-refractivity contribution in [3.63, 3.8) is 0 Å². The molecule has 0 aromatic heterocycles. The van der Waals surface area contributed by atoms with E-state index < -0.39 is 6.04 Å². The largest absolute Gasteiger partial charge is 0.351 e. The molecule has 1 atom stereocenters. The monoisotopic (exact) mass is 282 g/mol. The summed E-state index contributed by atoms with van der Waals surface area (Å²) < 4.78 is 0. The van der Waals surface area contributed by atoms with Crippen molar-refractivity contribution in [2.45, 2.75) is 32.4 Å². The predicted octanol–water partition coefficient (Wildman–Crippen LogP) is 2.57. The van der Waals surface area contributed by atoms with Gasteiger partial charge >= 0.3 is 0 Å². The highest BCUT2D eigenvalue weighted by molar-refractivity contribution is 5.81. The van der Waals surface area contributed by atoms with Gasteiger partial charge in [-0.25, -0.2) is 0 Å². The van der Waals surface area contributed by atoms with Crippen molar-refractivity contribution in [2.75, 3.05) is 0 Å². The van der Waals surface area contributed by atoms with E-state index in [-0.39, 0.29) is 5.91 Å². The molecule has 1 unspecified atom stereocenters. The number of benzene rings is 2. The summed E-state index contributed by atoms with van der Waals surface area (Å²) in [5.74, 6) is -0.0887. The van der Waals surface area contributed by atoms with Crippen LogP contribution in [0.25, 0.3) is 0 Å². The number of nitrogens with two attached hydrogens (primary N) is 1. The van der Waals surface area contributed by atoms with Crippen LogP contribution < -0.4 is 11.1 Å². The van der Waals surface area contributed by atoms with Crippen LogP contribution in [-0.4, -0.2) is 11.9 Å². The zero-order valence-electron chi connectivity index (χ0n) is 12.4. The lowest BCUT2D eigenvalue weighted by atomic mass is 10.0. The molecule has 0 aliphatic carbocycles. The average molecular weight is 282 g/mol. The zero-order chi connectivity index (χ0) is 15.1. The van der Waals surface area contributed by atoms with Crippen molar-refractivity contribution in [2.24, 2.45) is 5.73 Å². The first-order valence-electron chi connectivity index (χ1n) is 7.28. The first-order chi connectivity index (χ1) is 10.2. The minimum Gasteiger partial charge on any atom is -0.351 e. The summed E-state index contributed by atoms with van der Waals surface area (Å²) in [6.07, 6.45) is 1.48. The molecule has 1 amide bonds. The van der Waals surface area contributed by atoms with E-state index in [9.17, 15) is 4.79 Å². The van der Waals surface area contributed by atoms with Crippen LogP contribution >= 0.6 is 0 Å². The van der Waals surface area contributed by atoms with Crippen LogP contribution in [-0.2, 0) is 17.8 Å². The molecule has 3 N–H and O–H groups in total. The number of amides is 1. The number of carbonyl (C=O) groups excluding carboxylic acids is 1. The van der Waals surface area contributed by atoms with Crippen LogP contribution in [0.3, 0.4) is 0 Å². The molecule has 0 heterocycles. The van der Waals surface area contributed by atoms with Gasteiger partial charge in [0.15, 0.2) is 0 Å². The summed E-state index contributed by atoms with van der Waals surface area (Å²) in [7, 11) is 0. The SMILES string of the molecule is Cc1ccccc1CNC(=O)C(N)CCc1ccccc1. The molecule has 2 rings (SSSR count). The van der Waals surface area contributed by atoms with Gasteiger partial charge in [0, 0.05) is 6.54 Å². The van der Waals surface area contributed by atoms with Crippen molar-refractivity contribution < 1.29 is 4.79 Å². The third kappa shape index (κ3) is 4.72. The minimum atomic E-state index is -0.464. The van der Waals surface area contributed by atoms with Crippen molar-refractivity contribution in [3.05, 3.63) is 71.3 Å². The molecule has 21 heavy (non-hydrogen) atoms. The second-order valence-electron chi connectivity index (χ2n) is 5.28. The van der Waals surface area contributed by atoms with Crippen LogP contribution in [0.1, 0.15) is 23.1 Å². The Labute approximate surface area is 126 Å². The quantitative estimate of drug-likeness (QED) is 0.855. The van der Waals surface area contributed by atoms with Crippen LogP contribution in [0, 0.1) is 6.92 Å². The molecule has 0 spiro atoms. The second kappa shape index (κ2) is 7.60. The Kier molecular flexibility index (Phi) is 5.52. The molecular weight excluding hydrogens is 260 g/mol. The second-order valence-corrected chi connectivity index (χ2v) is 5.28. The first-order valence-corrected chi connectivity index (χ1v) is 7.28. The molecule has 0 saturated carbocycles.